The number of rotatable bonds is 7. The number of amides is 1. The van der Waals surface area contributed by atoms with Gasteiger partial charge in [-0.1, -0.05) is 60.7 Å². The fraction of sp³-hybridized carbons (Fsp3) is 0.200. The average Bonchev–Trinajstić information content (AvgIpc) is 2.83. The van der Waals surface area contributed by atoms with Gasteiger partial charge in [-0.15, -0.1) is 0 Å². The van der Waals surface area contributed by atoms with Crippen molar-refractivity contribution >= 4 is 11.9 Å². The van der Waals surface area contributed by atoms with E-state index >= 15 is 0 Å². The van der Waals surface area contributed by atoms with E-state index in [1.54, 1.807) is 18.2 Å². The minimum atomic E-state index is -0.591. The molecule has 4 rings (SSSR count). The van der Waals surface area contributed by atoms with Crippen LogP contribution in [-0.2, 0) is 16.0 Å². The average molecular weight is 417 g/mol. The molecule has 1 aliphatic heterocycles. The van der Waals surface area contributed by atoms with Crippen molar-refractivity contribution in [1.82, 2.24) is 5.32 Å². The molecule has 1 amide bonds. The molecule has 0 saturated heterocycles. The number of benzene rings is 3. The van der Waals surface area contributed by atoms with Gasteiger partial charge in [0.05, 0.1) is 11.6 Å². The lowest BCUT2D eigenvalue weighted by Crippen LogP contribution is -2.33. The molecule has 31 heavy (non-hydrogen) atoms. The highest BCUT2D eigenvalue weighted by molar-refractivity contribution is 5.92. The zero-order chi connectivity index (χ0) is 21.5. The van der Waals surface area contributed by atoms with Crippen molar-refractivity contribution in [2.75, 3.05) is 19.8 Å². The summed E-state index contributed by atoms with van der Waals surface area (Å²) in [5, 5.41) is 2.98. The summed E-state index contributed by atoms with van der Waals surface area (Å²) < 4.78 is 16.2. The summed E-state index contributed by atoms with van der Waals surface area (Å²) in [5.74, 6) is 0.131. The molecule has 158 valence electrons. The van der Waals surface area contributed by atoms with Gasteiger partial charge < -0.3 is 19.5 Å². The van der Waals surface area contributed by atoms with Crippen molar-refractivity contribution < 1.29 is 23.8 Å². The minimum Gasteiger partial charge on any atom is -0.486 e. The topological polar surface area (TPSA) is 73.9 Å². The molecule has 0 unspecified atom stereocenters. The van der Waals surface area contributed by atoms with Crippen LogP contribution in [0.25, 0.3) is 0 Å². The number of carbonyl (C=O) groups excluding carboxylic acids is 2. The molecule has 3 aromatic rings. The van der Waals surface area contributed by atoms with Gasteiger partial charge in [-0.05, 0) is 35.7 Å². The molecule has 0 saturated carbocycles. The van der Waals surface area contributed by atoms with Gasteiger partial charge in [0.15, 0.2) is 18.1 Å². The Morgan fingerprint density at radius 1 is 0.871 bits per heavy atom. The maximum Gasteiger partial charge on any atom is 0.338 e. The van der Waals surface area contributed by atoms with Crippen LogP contribution in [0.4, 0.5) is 0 Å². The van der Waals surface area contributed by atoms with Crippen LogP contribution in [0.2, 0.25) is 0 Å². The van der Waals surface area contributed by atoms with Crippen LogP contribution in [0, 0.1) is 0 Å². The summed E-state index contributed by atoms with van der Waals surface area (Å²) in [7, 11) is 0. The summed E-state index contributed by atoms with van der Waals surface area (Å²) in [6.45, 7) is 0.532. The van der Waals surface area contributed by atoms with Crippen molar-refractivity contribution in [3.05, 3.63) is 95.6 Å². The lowest BCUT2D eigenvalue weighted by Gasteiger charge is -2.20. The SMILES string of the molecule is O=C(COC(=O)c1ccc2c(c1)OCCO2)N[C@@H](Cc1ccccc1)c1ccccc1. The van der Waals surface area contributed by atoms with Crippen LogP contribution in [0.15, 0.2) is 78.9 Å². The number of nitrogens with one attached hydrogen (secondary N) is 1. The second-order valence-corrected chi connectivity index (χ2v) is 7.16. The van der Waals surface area contributed by atoms with Crippen molar-refractivity contribution in [2.24, 2.45) is 0 Å². The van der Waals surface area contributed by atoms with E-state index in [1.165, 1.54) is 0 Å². The number of hydrogen-bond donors (Lipinski definition) is 1. The largest absolute Gasteiger partial charge is 0.486 e. The zero-order valence-electron chi connectivity index (χ0n) is 17.0. The molecule has 1 N–H and O–H groups in total. The van der Waals surface area contributed by atoms with E-state index in [0.717, 1.165) is 11.1 Å². The molecule has 0 aliphatic carbocycles. The highest BCUT2D eigenvalue weighted by Crippen LogP contribution is 2.30. The van der Waals surface area contributed by atoms with Gasteiger partial charge >= 0.3 is 5.97 Å². The highest BCUT2D eigenvalue weighted by atomic mass is 16.6. The first-order valence-corrected chi connectivity index (χ1v) is 10.1. The van der Waals surface area contributed by atoms with E-state index < -0.39 is 5.97 Å². The van der Waals surface area contributed by atoms with Gasteiger partial charge in [0, 0.05) is 0 Å². The van der Waals surface area contributed by atoms with Crippen LogP contribution in [-0.4, -0.2) is 31.7 Å². The quantitative estimate of drug-likeness (QED) is 0.593. The van der Waals surface area contributed by atoms with Gasteiger partial charge in [0.25, 0.3) is 5.91 Å². The van der Waals surface area contributed by atoms with Crippen LogP contribution in [0.1, 0.15) is 27.5 Å². The Balaban J connectivity index is 1.38. The zero-order valence-corrected chi connectivity index (χ0v) is 17.0. The molecule has 6 nitrogen and oxygen atoms in total. The maximum atomic E-state index is 12.6. The summed E-state index contributed by atoms with van der Waals surface area (Å²) in [4.78, 5) is 24.9. The molecular weight excluding hydrogens is 394 g/mol. The summed E-state index contributed by atoms with van der Waals surface area (Å²) in [6.07, 6.45) is 0.632. The Morgan fingerprint density at radius 3 is 2.29 bits per heavy atom. The van der Waals surface area contributed by atoms with Crippen molar-refractivity contribution in [3.63, 3.8) is 0 Å². The first-order valence-electron chi connectivity index (χ1n) is 10.1. The first-order chi connectivity index (χ1) is 15.2. The smallest absolute Gasteiger partial charge is 0.338 e. The number of esters is 1. The van der Waals surface area contributed by atoms with E-state index in [4.69, 9.17) is 14.2 Å². The van der Waals surface area contributed by atoms with Crippen LogP contribution < -0.4 is 14.8 Å². The molecule has 0 aromatic heterocycles. The predicted molar refractivity (Wildman–Crippen MR) is 115 cm³/mol. The third-order valence-corrected chi connectivity index (χ3v) is 4.93. The number of ether oxygens (including phenoxy) is 3. The van der Waals surface area contributed by atoms with Gasteiger partial charge in [0.2, 0.25) is 0 Å². The lowest BCUT2D eigenvalue weighted by molar-refractivity contribution is -0.125. The van der Waals surface area contributed by atoms with Crippen LogP contribution in [0.3, 0.4) is 0 Å². The minimum absolute atomic E-state index is 0.232. The Kier molecular flexibility index (Phi) is 6.47. The Labute approximate surface area is 180 Å². The molecular formula is C25H23NO5. The normalized spacial score (nSPS) is 13.2. The summed E-state index contributed by atoms with van der Waals surface area (Å²) >= 11 is 0. The Bertz CT molecular complexity index is 1040. The molecule has 1 aliphatic rings. The van der Waals surface area contributed by atoms with E-state index in [1.807, 2.05) is 60.7 Å². The van der Waals surface area contributed by atoms with Gasteiger partial charge in [-0.2, -0.15) is 0 Å². The molecule has 1 heterocycles. The van der Waals surface area contributed by atoms with Crippen molar-refractivity contribution in [1.29, 1.82) is 0 Å². The van der Waals surface area contributed by atoms with E-state index in [2.05, 4.69) is 5.32 Å². The van der Waals surface area contributed by atoms with Crippen molar-refractivity contribution in [3.8, 4) is 11.5 Å². The second-order valence-electron chi connectivity index (χ2n) is 7.16. The van der Waals surface area contributed by atoms with E-state index in [9.17, 15) is 9.59 Å². The fourth-order valence-electron chi connectivity index (χ4n) is 3.41. The fourth-order valence-corrected chi connectivity index (χ4v) is 3.41. The molecule has 0 spiro atoms. The van der Waals surface area contributed by atoms with Crippen LogP contribution in [0.5, 0.6) is 11.5 Å². The van der Waals surface area contributed by atoms with E-state index in [-0.39, 0.29) is 18.6 Å². The molecule has 1 atom stereocenters. The van der Waals surface area contributed by atoms with Crippen LogP contribution >= 0.6 is 0 Å². The molecule has 6 heteroatoms. The van der Waals surface area contributed by atoms with Gasteiger partial charge in [-0.3, -0.25) is 4.79 Å². The third kappa shape index (κ3) is 5.42. The number of carbonyl (C=O) groups is 2. The predicted octanol–water partition coefficient (Wildman–Crippen LogP) is 3.71. The molecule has 3 aromatic carbocycles. The third-order valence-electron chi connectivity index (χ3n) is 4.93. The monoisotopic (exact) mass is 417 g/mol. The Hall–Kier alpha value is -3.80. The number of hydrogen-bond acceptors (Lipinski definition) is 5. The Morgan fingerprint density at radius 2 is 1.55 bits per heavy atom. The standard InChI is InChI=1S/C25H23NO5/c27-24(17-31-25(28)20-11-12-22-23(16-20)30-14-13-29-22)26-21(19-9-5-2-6-10-19)15-18-7-3-1-4-8-18/h1-12,16,21H,13-15,17H2,(H,26,27)/t21-/m0/s1. The number of fused-ring (bicyclic) bond motifs is 1. The highest BCUT2D eigenvalue weighted by Gasteiger charge is 2.19. The first kappa shape index (κ1) is 20.5. The lowest BCUT2D eigenvalue weighted by atomic mass is 9.99. The molecule has 0 bridgehead atoms. The van der Waals surface area contributed by atoms with Gasteiger partial charge in [-0.25, -0.2) is 4.79 Å². The molecule has 0 radical (unpaired) electrons. The second kappa shape index (κ2) is 9.80. The maximum absolute atomic E-state index is 12.6. The summed E-state index contributed by atoms with van der Waals surface area (Å²) in [6, 6.07) is 24.2. The van der Waals surface area contributed by atoms with E-state index in [0.29, 0.717) is 36.7 Å². The summed E-state index contributed by atoms with van der Waals surface area (Å²) in [5.41, 5.74) is 2.39. The molecule has 0 fully saturated rings. The van der Waals surface area contributed by atoms with Gasteiger partial charge in [0.1, 0.15) is 13.2 Å². The van der Waals surface area contributed by atoms with Crippen molar-refractivity contribution in [2.45, 2.75) is 12.5 Å².